The molecular formula is C25H29N3O5. The molecule has 4 rings (SSSR count). The smallest absolute Gasteiger partial charge is 0.407 e. The van der Waals surface area contributed by atoms with Crippen LogP contribution in [0.5, 0.6) is 5.75 Å². The number of rotatable bonds is 4. The molecule has 0 aliphatic carbocycles. The summed E-state index contributed by atoms with van der Waals surface area (Å²) in [5, 5.41) is 12.3. The second-order valence-corrected chi connectivity index (χ2v) is 9.00. The number of amides is 3. The van der Waals surface area contributed by atoms with Crippen molar-refractivity contribution in [3.05, 3.63) is 59.7 Å². The molecule has 2 aliphatic rings. The number of likely N-dealkylation sites (tertiary alicyclic amines) is 1. The Morgan fingerprint density at radius 3 is 2.61 bits per heavy atom. The number of ether oxygens (including phenoxy) is 1. The van der Waals surface area contributed by atoms with Gasteiger partial charge < -0.3 is 25.0 Å². The lowest BCUT2D eigenvalue weighted by Gasteiger charge is -2.40. The zero-order valence-corrected chi connectivity index (χ0v) is 19.1. The minimum absolute atomic E-state index is 0.112. The van der Waals surface area contributed by atoms with Crippen molar-refractivity contribution in [3.8, 4) is 5.75 Å². The highest BCUT2D eigenvalue weighted by atomic mass is 16.5. The van der Waals surface area contributed by atoms with E-state index in [1.807, 2.05) is 44.2 Å². The zero-order chi connectivity index (χ0) is 23.8. The third-order valence-corrected chi connectivity index (χ3v) is 6.40. The predicted molar refractivity (Wildman–Crippen MR) is 123 cm³/mol. The van der Waals surface area contributed by atoms with Crippen LogP contribution in [0.15, 0.2) is 48.5 Å². The number of carbonyl (C=O) groups excluding carboxylic acids is 2. The van der Waals surface area contributed by atoms with Crippen molar-refractivity contribution < 1.29 is 24.2 Å². The van der Waals surface area contributed by atoms with Gasteiger partial charge in [0.1, 0.15) is 5.75 Å². The molecule has 8 heteroatoms. The molecule has 2 aliphatic heterocycles. The van der Waals surface area contributed by atoms with Gasteiger partial charge in [-0.15, -0.1) is 0 Å². The van der Waals surface area contributed by atoms with Crippen LogP contribution in [0.4, 0.5) is 10.5 Å². The fourth-order valence-corrected chi connectivity index (χ4v) is 4.63. The summed E-state index contributed by atoms with van der Waals surface area (Å²) in [5.74, 6) is -0.0186. The Balaban J connectivity index is 1.59. The molecule has 0 unspecified atom stereocenters. The number of hydrogen-bond acceptors (Lipinski definition) is 4. The third-order valence-electron chi connectivity index (χ3n) is 6.40. The van der Waals surface area contributed by atoms with Crippen LogP contribution >= 0.6 is 0 Å². The van der Waals surface area contributed by atoms with Crippen LogP contribution in [0.2, 0.25) is 0 Å². The maximum atomic E-state index is 13.5. The lowest BCUT2D eigenvalue weighted by Crippen LogP contribution is -2.53. The van der Waals surface area contributed by atoms with Crippen LogP contribution in [0.25, 0.3) is 0 Å². The SMILES string of the molecule is CC(C)N(C(=O)c1ccc2c(c1)NC(=O)[C@](C)(c1ccccc1)O2)[C@@H]1CCCN(C(=O)O)C1. The van der Waals surface area contributed by atoms with E-state index in [0.29, 0.717) is 36.5 Å². The average molecular weight is 452 g/mol. The number of carbonyl (C=O) groups is 3. The lowest BCUT2D eigenvalue weighted by atomic mass is 9.93. The Labute approximate surface area is 193 Å². The van der Waals surface area contributed by atoms with Crippen molar-refractivity contribution in [3.63, 3.8) is 0 Å². The fraction of sp³-hybridized carbons (Fsp3) is 0.400. The van der Waals surface area contributed by atoms with Crippen LogP contribution in [-0.2, 0) is 10.4 Å². The van der Waals surface area contributed by atoms with Crippen LogP contribution < -0.4 is 10.1 Å². The fourth-order valence-electron chi connectivity index (χ4n) is 4.63. The summed E-state index contributed by atoms with van der Waals surface area (Å²) in [4.78, 5) is 41.0. The molecule has 2 N–H and O–H groups in total. The van der Waals surface area contributed by atoms with E-state index in [2.05, 4.69) is 5.32 Å². The highest BCUT2D eigenvalue weighted by Crippen LogP contribution is 2.39. The molecule has 1 saturated heterocycles. The quantitative estimate of drug-likeness (QED) is 0.734. The Kier molecular flexibility index (Phi) is 6.01. The largest absolute Gasteiger partial charge is 0.471 e. The standard InChI is InChI=1S/C25H29N3O5/c1-16(2)28(19-10-7-13-27(15-19)24(31)32)22(29)17-11-12-21-20(14-17)26-23(30)25(3,33-21)18-8-5-4-6-9-18/h4-6,8-9,11-12,14,16,19H,7,10,13,15H2,1-3H3,(H,26,30)(H,31,32)/t19-,25+/m1/s1. The summed E-state index contributed by atoms with van der Waals surface area (Å²) < 4.78 is 6.11. The zero-order valence-electron chi connectivity index (χ0n) is 19.1. The normalized spacial score (nSPS) is 22.2. The minimum atomic E-state index is -1.17. The molecular weight excluding hydrogens is 422 g/mol. The van der Waals surface area contributed by atoms with E-state index in [9.17, 15) is 19.5 Å². The number of carboxylic acid groups (broad SMARTS) is 1. The topological polar surface area (TPSA) is 99.2 Å². The summed E-state index contributed by atoms with van der Waals surface area (Å²) in [7, 11) is 0. The first-order valence-corrected chi connectivity index (χ1v) is 11.2. The highest BCUT2D eigenvalue weighted by Gasteiger charge is 2.42. The highest BCUT2D eigenvalue weighted by molar-refractivity contribution is 6.03. The maximum Gasteiger partial charge on any atom is 0.407 e. The van der Waals surface area contributed by atoms with Gasteiger partial charge in [-0.05, 0) is 51.8 Å². The van der Waals surface area contributed by atoms with E-state index in [0.717, 1.165) is 12.0 Å². The number of piperidine rings is 1. The molecule has 3 amide bonds. The summed E-state index contributed by atoms with van der Waals surface area (Å²) in [5.41, 5.74) is 0.423. The molecule has 0 spiro atoms. The molecule has 2 atom stereocenters. The molecule has 2 heterocycles. The first-order chi connectivity index (χ1) is 15.7. The van der Waals surface area contributed by atoms with Crippen molar-refractivity contribution in [2.75, 3.05) is 18.4 Å². The molecule has 33 heavy (non-hydrogen) atoms. The van der Waals surface area contributed by atoms with E-state index in [-0.39, 0.29) is 23.9 Å². The second-order valence-electron chi connectivity index (χ2n) is 9.00. The molecule has 0 radical (unpaired) electrons. The van der Waals surface area contributed by atoms with E-state index in [4.69, 9.17) is 4.74 Å². The molecule has 8 nitrogen and oxygen atoms in total. The summed E-state index contributed by atoms with van der Waals surface area (Å²) in [6.45, 7) is 6.34. The molecule has 2 aromatic rings. The Bertz CT molecular complexity index is 1070. The van der Waals surface area contributed by atoms with Crippen molar-refractivity contribution >= 4 is 23.6 Å². The van der Waals surface area contributed by atoms with Gasteiger partial charge in [0, 0.05) is 30.3 Å². The van der Waals surface area contributed by atoms with Gasteiger partial charge in [0.2, 0.25) is 5.60 Å². The number of hydrogen-bond donors (Lipinski definition) is 2. The maximum absolute atomic E-state index is 13.5. The van der Waals surface area contributed by atoms with Crippen LogP contribution in [0.1, 0.15) is 49.5 Å². The number of nitrogens with zero attached hydrogens (tertiary/aromatic N) is 2. The van der Waals surface area contributed by atoms with Crippen LogP contribution in [0.3, 0.4) is 0 Å². The summed E-state index contributed by atoms with van der Waals surface area (Å²) in [6.07, 6.45) is 0.485. The molecule has 0 saturated carbocycles. The minimum Gasteiger partial charge on any atom is -0.471 e. The Morgan fingerprint density at radius 1 is 1.21 bits per heavy atom. The second kappa shape index (κ2) is 8.77. The average Bonchev–Trinajstić information content (AvgIpc) is 2.80. The molecule has 0 bridgehead atoms. The van der Waals surface area contributed by atoms with Gasteiger partial charge in [-0.25, -0.2) is 4.79 Å². The lowest BCUT2D eigenvalue weighted by molar-refractivity contribution is -0.131. The molecule has 2 aromatic carbocycles. The van der Waals surface area contributed by atoms with Gasteiger partial charge in [0.15, 0.2) is 0 Å². The number of nitrogens with one attached hydrogen (secondary N) is 1. The van der Waals surface area contributed by atoms with Gasteiger partial charge in [-0.2, -0.15) is 0 Å². The van der Waals surface area contributed by atoms with Gasteiger partial charge in [0.05, 0.1) is 11.7 Å². The van der Waals surface area contributed by atoms with Crippen molar-refractivity contribution in [2.24, 2.45) is 0 Å². The Morgan fingerprint density at radius 2 is 1.94 bits per heavy atom. The summed E-state index contributed by atoms with van der Waals surface area (Å²) >= 11 is 0. The van der Waals surface area contributed by atoms with Gasteiger partial charge in [-0.1, -0.05) is 30.3 Å². The predicted octanol–water partition coefficient (Wildman–Crippen LogP) is 3.93. The van der Waals surface area contributed by atoms with Crippen LogP contribution in [-0.4, -0.2) is 58.0 Å². The van der Waals surface area contributed by atoms with E-state index in [1.54, 1.807) is 30.0 Å². The van der Waals surface area contributed by atoms with E-state index >= 15 is 0 Å². The van der Waals surface area contributed by atoms with E-state index in [1.165, 1.54) is 4.90 Å². The van der Waals surface area contributed by atoms with E-state index < -0.39 is 11.7 Å². The van der Waals surface area contributed by atoms with Crippen molar-refractivity contribution in [2.45, 2.75) is 51.3 Å². The number of anilines is 1. The van der Waals surface area contributed by atoms with Gasteiger partial charge >= 0.3 is 6.09 Å². The first-order valence-electron chi connectivity index (χ1n) is 11.2. The van der Waals surface area contributed by atoms with Crippen LogP contribution in [0, 0.1) is 0 Å². The molecule has 174 valence electrons. The van der Waals surface area contributed by atoms with Crippen molar-refractivity contribution in [1.29, 1.82) is 0 Å². The van der Waals surface area contributed by atoms with Gasteiger partial charge in [0.25, 0.3) is 11.8 Å². The molecule has 1 fully saturated rings. The molecule has 0 aromatic heterocycles. The first kappa shape index (κ1) is 22.6. The monoisotopic (exact) mass is 451 g/mol. The third kappa shape index (κ3) is 4.25. The summed E-state index contributed by atoms with van der Waals surface area (Å²) in [6, 6.07) is 14.0. The Hall–Kier alpha value is -3.55. The van der Waals surface area contributed by atoms with Crippen molar-refractivity contribution in [1.82, 2.24) is 9.80 Å². The van der Waals surface area contributed by atoms with Gasteiger partial charge in [-0.3, -0.25) is 9.59 Å². The number of benzene rings is 2. The number of fused-ring (bicyclic) bond motifs is 1.